The Morgan fingerprint density at radius 3 is 2.26 bits per heavy atom. The molecule has 1 saturated carbocycles. The van der Waals surface area contributed by atoms with Crippen molar-refractivity contribution in [3.8, 4) is 0 Å². The molecule has 3 heterocycles. The summed E-state index contributed by atoms with van der Waals surface area (Å²) in [4.78, 5) is 49.9. The summed E-state index contributed by atoms with van der Waals surface area (Å²) < 4.78 is 6.97. The Hall–Kier alpha value is -3.75. The number of nitrogens with zero attached hydrogens (tertiary/aromatic N) is 3. The molecule has 8 nitrogen and oxygen atoms in total. The highest BCUT2D eigenvalue weighted by Gasteiger charge is 2.79. The Morgan fingerprint density at radius 2 is 1.63 bits per heavy atom. The van der Waals surface area contributed by atoms with Crippen molar-refractivity contribution in [3.63, 3.8) is 0 Å². The molecule has 244 valence electrons. The first-order valence-corrected chi connectivity index (χ1v) is 16.8. The second-order valence-corrected chi connectivity index (χ2v) is 13.6. The van der Waals surface area contributed by atoms with E-state index in [2.05, 4.69) is 13.2 Å². The summed E-state index contributed by atoms with van der Waals surface area (Å²) >= 11 is 0. The molecular formula is C38H47N3O5. The van der Waals surface area contributed by atoms with Crippen molar-refractivity contribution < 1.29 is 24.2 Å². The van der Waals surface area contributed by atoms with E-state index >= 15 is 4.79 Å². The van der Waals surface area contributed by atoms with E-state index in [4.69, 9.17) is 4.74 Å². The summed E-state index contributed by atoms with van der Waals surface area (Å²) in [6.07, 6.45) is 9.51. The molecule has 1 N–H and O–H groups in total. The van der Waals surface area contributed by atoms with Crippen molar-refractivity contribution in [3.05, 3.63) is 97.1 Å². The number of aliphatic hydroxyl groups excluding tert-OH is 1. The maximum atomic E-state index is 15.0. The van der Waals surface area contributed by atoms with Crippen molar-refractivity contribution in [2.45, 2.75) is 87.7 Å². The molecule has 46 heavy (non-hydrogen) atoms. The third kappa shape index (κ3) is 5.39. The normalized spacial score (nSPS) is 29.3. The number of hydrogen-bond acceptors (Lipinski definition) is 5. The molecular weight excluding hydrogens is 578 g/mol. The Bertz CT molecular complexity index is 1440. The van der Waals surface area contributed by atoms with Crippen LogP contribution in [-0.4, -0.2) is 80.5 Å². The molecule has 8 heteroatoms. The number of hydrogen-bond donors (Lipinski definition) is 1. The summed E-state index contributed by atoms with van der Waals surface area (Å²) in [5.74, 6) is -2.29. The van der Waals surface area contributed by atoms with E-state index in [0.717, 1.165) is 43.2 Å². The van der Waals surface area contributed by atoms with Gasteiger partial charge in [-0.1, -0.05) is 92.1 Å². The van der Waals surface area contributed by atoms with E-state index < -0.39 is 35.1 Å². The summed E-state index contributed by atoms with van der Waals surface area (Å²) in [5, 5.41) is 10.9. The van der Waals surface area contributed by atoms with Crippen LogP contribution < -0.4 is 0 Å². The number of amides is 3. The van der Waals surface area contributed by atoms with Crippen LogP contribution in [0, 0.1) is 11.8 Å². The molecule has 3 amide bonds. The molecule has 2 aromatic rings. The quantitative estimate of drug-likeness (QED) is 0.334. The topological polar surface area (TPSA) is 90.4 Å². The molecule has 2 aromatic carbocycles. The summed E-state index contributed by atoms with van der Waals surface area (Å²) in [6.45, 7) is 10.5. The van der Waals surface area contributed by atoms with Gasteiger partial charge in [0.25, 0.3) is 0 Å². The van der Waals surface area contributed by atoms with Crippen molar-refractivity contribution in [2.75, 3.05) is 19.7 Å². The maximum Gasteiger partial charge on any atom is 0.248 e. The third-order valence-corrected chi connectivity index (χ3v) is 10.9. The van der Waals surface area contributed by atoms with Crippen LogP contribution in [0.25, 0.3) is 0 Å². The van der Waals surface area contributed by atoms with Gasteiger partial charge in [0, 0.05) is 25.7 Å². The van der Waals surface area contributed by atoms with E-state index in [1.54, 1.807) is 22.0 Å². The molecule has 4 fully saturated rings. The van der Waals surface area contributed by atoms with Gasteiger partial charge in [-0.3, -0.25) is 14.4 Å². The van der Waals surface area contributed by atoms with Gasteiger partial charge in [-0.05, 0) is 43.7 Å². The molecule has 1 aliphatic carbocycles. The van der Waals surface area contributed by atoms with Crippen molar-refractivity contribution in [2.24, 2.45) is 11.8 Å². The van der Waals surface area contributed by atoms with E-state index in [1.807, 2.05) is 72.5 Å². The second-order valence-electron chi connectivity index (χ2n) is 13.6. The summed E-state index contributed by atoms with van der Waals surface area (Å²) in [6, 6.07) is 17.4. The number of likely N-dealkylation sites (tertiary alicyclic amines) is 1. The minimum absolute atomic E-state index is 0.0385. The zero-order valence-electron chi connectivity index (χ0n) is 26.9. The van der Waals surface area contributed by atoms with Crippen molar-refractivity contribution in [1.29, 1.82) is 0 Å². The lowest BCUT2D eigenvalue weighted by Gasteiger charge is -2.42. The Labute approximate surface area is 272 Å². The average molecular weight is 626 g/mol. The molecule has 0 radical (unpaired) electrons. The molecule has 2 unspecified atom stereocenters. The lowest BCUT2D eigenvalue weighted by atomic mass is 9.66. The smallest absolute Gasteiger partial charge is 0.248 e. The van der Waals surface area contributed by atoms with E-state index in [0.29, 0.717) is 32.5 Å². The number of ether oxygens (including phenoxy) is 1. The Morgan fingerprint density at radius 1 is 0.978 bits per heavy atom. The van der Waals surface area contributed by atoms with Gasteiger partial charge < -0.3 is 24.5 Å². The van der Waals surface area contributed by atoms with E-state index in [-0.39, 0.29) is 30.4 Å². The van der Waals surface area contributed by atoms with E-state index in [1.165, 1.54) is 0 Å². The van der Waals surface area contributed by atoms with Crippen LogP contribution in [0.3, 0.4) is 0 Å². The van der Waals surface area contributed by atoms with Crippen LogP contribution in [0.1, 0.15) is 69.0 Å². The Kier molecular flexibility index (Phi) is 9.22. The zero-order chi connectivity index (χ0) is 32.5. The molecule has 0 aromatic heterocycles. The number of carbonyl (C=O) groups excluding carboxylic acids is 3. The van der Waals surface area contributed by atoms with Crippen molar-refractivity contribution >= 4 is 17.7 Å². The van der Waals surface area contributed by atoms with Crippen LogP contribution in [0.15, 0.2) is 86.0 Å². The summed E-state index contributed by atoms with van der Waals surface area (Å²) in [5.41, 5.74) is -0.382. The van der Waals surface area contributed by atoms with Crippen LogP contribution in [0.2, 0.25) is 0 Å². The SMILES string of the molecule is C=CCN(Cc1ccccc1)C(=O)[C@@H]1[C@H]2C(=O)N([C@H](CO)c3ccccc3)C(C(=O)N(CC=C)C3CCCCC3)C23CC[C@@]1(C)O3. The fraction of sp³-hybridized carbons (Fsp3) is 0.500. The molecule has 1 spiro atoms. The Balaban J connectivity index is 1.44. The van der Waals surface area contributed by atoms with Gasteiger partial charge in [0.05, 0.1) is 30.1 Å². The number of carbonyl (C=O) groups is 3. The molecule has 2 bridgehead atoms. The first-order valence-electron chi connectivity index (χ1n) is 16.8. The fourth-order valence-corrected chi connectivity index (χ4v) is 8.88. The van der Waals surface area contributed by atoms with Gasteiger partial charge in [0.15, 0.2) is 0 Å². The highest BCUT2D eigenvalue weighted by molar-refractivity contribution is 5.99. The lowest BCUT2D eigenvalue weighted by Crippen LogP contribution is -2.59. The predicted octanol–water partition coefficient (Wildman–Crippen LogP) is 5.05. The number of fused-ring (bicyclic) bond motifs is 1. The zero-order valence-corrected chi connectivity index (χ0v) is 26.9. The van der Waals surface area contributed by atoms with Gasteiger partial charge in [0.2, 0.25) is 17.7 Å². The van der Waals surface area contributed by atoms with Crippen molar-refractivity contribution in [1.82, 2.24) is 14.7 Å². The summed E-state index contributed by atoms with van der Waals surface area (Å²) in [7, 11) is 0. The van der Waals surface area contributed by atoms with Gasteiger partial charge in [0.1, 0.15) is 11.6 Å². The lowest BCUT2D eigenvalue weighted by molar-refractivity contribution is -0.158. The molecule has 6 atom stereocenters. The first-order chi connectivity index (χ1) is 22.3. The van der Waals surface area contributed by atoms with Gasteiger partial charge >= 0.3 is 0 Å². The monoisotopic (exact) mass is 625 g/mol. The molecule has 6 rings (SSSR count). The highest BCUT2D eigenvalue weighted by Crippen LogP contribution is 2.64. The molecule has 4 aliphatic rings. The fourth-order valence-electron chi connectivity index (χ4n) is 8.88. The molecule has 3 aliphatic heterocycles. The van der Waals surface area contributed by atoms with Gasteiger partial charge in [-0.2, -0.15) is 0 Å². The number of aliphatic hydroxyl groups is 1. The largest absolute Gasteiger partial charge is 0.394 e. The van der Waals surface area contributed by atoms with Crippen LogP contribution in [0.4, 0.5) is 0 Å². The number of benzene rings is 2. The molecule has 3 saturated heterocycles. The van der Waals surface area contributed by atoms with Crippen LogP contribution in [-0.2, 0) is 25.7 Å². The first kappa shape index (κ1) is 32.2. The standard InChI is InChI=1S/C38H47N3O5/c1-4-23-39(25-27-15-9-6-10-16-27)34(43)31-32-35(44)41(30(26-42)28-17-11-7-12-18-28)33(38(32)22-21-37(31,3)46-38)36(45)40(24-5-2)29-19-13-8-14-20-29/h4-7,9-12,15-18,29-33,42H,1-2,8,13-14,19-26H2,3H3/t30-,31+,32+,33?,37-,38?/m1/s1. The van der Waals surface area contributed by atoms with Gasteiger partial charge in [-0.15, -0.1) is 13.2 Å². The average Bonchev–Trinajstić information content (AvgIpc) is 3.65. The minimum Gasteiger partial charge on any atom is -0.394 e. The second kappa shape index (κ2) is 13.2. The highest BCUT2D eigenvalue weighted by atomic mass is 16.5. The number of rotatable bonds is 12. The van der Waals surface area contributed by atoms with E-state index in [9.17, 15) is 14.7 Å². The maximum absolute atomic E-state index is 15.0. The van der Waals surface area contributed by atoms with Crippen LogP contribution >= 0.6 is 0 Å². The van der Waals surface area contributed by atoms with Gasteiger partial charge in [-0.25, -0.2) is 0 Å². The predicted molar refractivity (Wildman–Crippen MR) is 176 cm³/mol. The van der Waals surface area contributed by atoms with Crippen LogP contribution in [0.5, 0.6) is 0 Å². The third-order valence-electron chi connectivity index (χ3n) is 10.9. The minimum atomic E-state index is -1.19.